The summed E-state index contributed by atoms with van der Waals surface area (Å²) in [6, 6.07) is 12.0. The standard InChI is InChI=1S/C22H28N4O6S/c1-15(2)14-32-22(29)25-18-9-6-8-17(12-18)24-20(27)13-23-21(28)16-7-5-10-19(11-16)33(30,31)26(3)4/h5-12,15H,13-14H2,1-4H3,(H,23,28)(H,24,27)(H,25,29). The van der Waals surface area contributed by atoms with Gasteiger partial charge in [-0.3, -0.25) is 14.9 Å². The van der Waals surface area contributed by atoms with Crippen LogP contribution in [-0.2, 0) is 19.6 Å². The van der Waals surface area contributed by atoms with E-state index in [4.69, 9.17) is 4.74 Å². The number of hydrogen-bond acceptors (Lipinski definition) is 6. The molecule has 2 rings (SSSR count). The summed E-state index contributed by atoms with van der Waals surface area (Å²) in [5, 5.41) is 7.64. The van der Waals surface area contributed by atoms with Gasteiger partial charge in [0.05, 0.1) is 18.0 Å². The number of benzene rings is 2. The van der Waals surface area contributed by atoms with Gasteiger partial charge in [-0.05, 0) is 42.3 Å². The number of rotatable bonds is 9. The van der Waals surface area contributed by atoms with Crippen LogP contribution in [0.2, 0.25) is 0 Å². The Morgan fingerprint density at radius 1 is 0.970 bits per heavy atom. The van der Waals surface area contributed by atoms with E-state index in [1.54, 1.807) is 24.3 Å². The minimum Gasteiger partial charge on any atom is -0.449 e. The minimum absolute atomic E-state index is 0.0270. The molecule has 0 aliphatic heterocycles. The Kier molecular flexibility index (Phi) is 8.94. The number of amides is 3. The Balaban J connectivity index is 1.93. The number of anilines is 2. The molecule has 33 heavy (non-hydrogen) atoms. The molecule has 0 spiro atoms. The topological polar surface area (TPSA) is 134 Å². The summed E-state index contributed by atoms with van der Waals surface area (Å²) in [5.74, 6) is -0.888. The molecule has 3 N–H and O–H groups in total. The Hall–Kier alpha value is -3.44. The lowest BCUT2D eigenvalue weighted by atomic mass is 10.2. The predicted molar refractivity (Wildman–Crippen MR) is 125 cm³/mol. The highest BCUT2D eigenvalue weighted by molar-refractivity contribution is 7.89. The van der Waals surface area contributed by atoms with Crippen molar-refractivity contribution in [1.82, 2.24) is 9.62 Å². The summed E-state index contributed by atoms with van der Waals surface area (Å²) in [7, 11) is -0.902. The van der Waals surface area contributed by atoms with Crippen LogP contribution >= 0.6 is 0 Å². The van der Waals surface area contributed by atoms with Crippen molar-refractivity contribution in [1.29, 1.82) is 0 Å². The summed E-state index contributed by atoms with van der Waals surface area (Å²) in [6.45, 7) is 3.79. The van der Waals surface area contributed by atoms with Gasteiger partial charge in [0.25, 0.3) is 5.91 Å². The third kappa shape index (κ3) is 7.88. The van der Waals surface area contributed by atoms with Crippen LogP contribution < -0.4 is 16.0 Å². The lowest BCUT2D eigenvalue weighted by Crippen LogP contribution is -2.33. The van der Waals surface area contributed by atoms with Crippen molar-refractivity contribution < 1.29 is 27.5 Å². The summed E-state index contributed by atoms with van der Waals surface area (Å²) in [6.07, 6.45) is -0.599. The average Bonchev–Trinajstić information content (AvgIpc) is 2.76. The summed E-state index contributed by atoms with van der Waals surface area (Å²) in [5.41, 5.74) is 0.955. The summed E-state index contributed by atoms with van der Waals surface area (Å²) >= 11 is 0. The molecule has 2 aromatic rings. The van der Waals surface area contributed by atoms with E-state index in [9.17, 15) is 22.8 Å². The molecule has 2 aromatic carbocycles. The molecule has 3 amide bonds. The fourth-order valence-corrected chi connectivity index (χ4v) is 3.50. The third-order valence-electron chi connectivity index (χ3n) is 4.22. The molecule has 0 saturated carbocycles. The van der Waals surface area contributed by atoms with E-state index in [-0.39, 0.29) is 29.5 Å². The van der Waals surface area contributed by atoms with E-state index in [0.717, 1.165) is 4.31 Å². The molecule has 0 aromatic heterocycles. The first-order chi connectivity index (χ1) is 15.5. The van der Waals surface area contributed by atoms with Crippen LogP contribution in [0.1, 0.15) is 24.2 Å². The average molecular weight is 477 g/mol. The fraction of sp³-hybridized carbons (Fsp3) is 0.318. The maximum absolute atomic E-state index is 12.4. The summed E-state index contributed by atoms with van der Waals surface area (Å²) in [4.78, 5) is 36.4. The molecule has 0 heterocycles. The highest BCUT2D eigenvalue weighted by Gasteiger charge is 2.19. The molecular formula is C22H28N4O6S. The van der Waals surface area contributed by atoms with E-state index in [1.807, 2.05) is 13.8 Å². The SMILES string of the molecule is CC(C)COC(=O)Nc1cccc(NC(=O)CNC(=O)c2cccc(S(=O)(=O)N(C)C)c2)c1. The quantitative estimate of drug-likeness (QED) is 0.509. The second-order valence-corrected chi connectivity index (χ2v) is 9.90. The molecule has 0 atom stereocenters. The van der Waals surface area contributed by atoms with Crippen LogP contribution in [0.15, 0.2) is 53.4 Å². The van der Waals surface area contributed by atoms with E-state index in [0.29, 0.717) is 11.4 Å². The number of ether oxygens (including phenoxy) is 1. The van der Waals surface area contributed by atoms with Gasteiger partial charge >= 0.3 is 6.09 Å². The lowest BCUT2D eigenvalue weighted by molar-refractivity contribution is -0.115. The predicted octanol–water partition coefficient (Wildman–Crippen LogP) is 2.51. The molecule has 0 radical (unpaired) electrons. The monoisotopic (exact) mass is 476 g/mol. The van der Waals surface area contributed by atoms with E-state index < -0.39 is 27.9 Å². The highest BCUT2D eigenvalue weighted by Crippen LogP contribution is 2.16. The van der Waals surface area contributed by atoms with Crippen LogP contribution in [-0.4, -0.2) is 57.9 Å². The Morgan fingerprint density at radius 2 is 1.61 bits per heavy atom. The van der Waals surface area contributed by atoms with Gasteiger partial charge in [0.15, 0.2) is 0 Å². The lowest BCUT2D eigenvalue weighted by Gasteiger charge is -2.12. The van der Waals surface area contributed by atoms with Crippen LogP contribution in [0.3, 0.4) is 0 Å². The zero-order chi connectivity index (χ0) is 24.6. The largest absolute Gasteiger partial charge is 0.449 e. The smallest absolute Gasteiger partial charge is 0.411 e. The van der Waals surface area contributed by atoms with E-state index in [1.165, 1.54) is 38.4 Å². The molecule has 0 fully saturated rings. The van der Waals surface area contributed by atoms with Crippen molar-refractivity contribution in [2.75, 3.05) is 37.9 Å². The normalized spacial score (nSPS) is 11.2. The number of sulfonamides is 1. The second kappa shape index (κ2) is 11.4. The van der Waals surface area contributed by atoms with E-state index in [2.05, 4.69) is 16.0 Å². The Morgan fingerprint density at radius 3 is 2.24 bits per heavy atom. The molecule has 0 aliphatic carbocycles. The van der Waals surface area contributed by atoms with Gasteiger partial charge in [-0.1, -0.05) is 26.0 Å². The van der Waals surface area contributed by atoms with E-state index >= 15 is 0 Å². The molecule has 0 unspecified atom stereocenters. The van der Waals surface area contributed by atoms with Crippen LogP contribution in [0, 0.1) is 5.92 Å². The molecule has 0 saturated heterocycles. The maximum atomic E-state index is 12.4. The first kappa shape index (κ1) is 25.8. The van der Waals surface area contributed by atoms with Crippen LogP contribution in [0.25, 0.3) is 0 Å². The van der Waals surface area contributed by atoms with Crippen molar-refractivity contribution in [3.8, 4) is 0 Å². The minimum atomic E-state index is -3.69. The zero-order valence-electron chi connectivity index (χ0n) is 18.9. The van der Waals surface area contributed by atoms with Crippen molar-refractivity contribution in [2.45, 2.75) is 18.7 Å². The van der Waals surface area contributed by atoms with Gasteiger partial charge in [0.2, 0.25) is 15.9 Å². The summed E-state index contributed by atoms with van der Waals surface area (Å²) < 4.78 is 30.6. The molecule has 0 bridgehead atoms. The van der Waals surface area contributed by atoms with Gasteiger partial charge in [-0.25, -0.2) is 17.5 Å². The van der Waals surface area contributed by atoms with Crippen LogP contribution in [0.4, 0.5) is 16.2 Å². The molecule has 0 aliphatic rings. The third-order valence-corrected chi connectivity index (χ3v) is 6.04. The molecule has 11 heteroatoms. The van der Waals surface area contributed by atoms with Gasteiger partial charge in [-0.15, -0.1) is 0 Å². The first-order valence-electron chi connectivity index (χ1n) is 10.1. The van der Waals surface area contributed by atoms with Gasteiger partial charge in [-0.2, -0.15) is 0 Å². The number of nitrogens with one attached hydrogen (secondary N) is 3. The van der Waals surface area contributed by atoms with Gasteiger partial charge in [0.1, 0.15) is 0 Å². The number of hydrogen-bond donors (Lipinski definition) is 3. The Labute approximate surface area is 193 Å². The number of carbonyl (C=O) groups excluding carboxylic acids is 3. The second-order valence-electron chi connectivity index (χ2n) is 7.74. The molecule has 10 nitrogen and oxygen atoms in total. The van der Waals surface area contributed by atoms with Crippen LogP contribution in [0.5, 0.6) is 0 Å². The number of nitrogens with zero attached hydrogens (tertiary/aromatic N) is 1. The highest BCUT2D eigenvalue weighted by atomic mass is 32.2. The number of carbonyl (C=O) groups is 3. The molecular weight excluding hydrogens is 448 g/mol. The van der Waals surface area contributed by atoms with Crippen molar-refractivity contribution in [3.05, 3.63) is 54.1 Å². The van der Waals surface area contributed by atoms with Gasteiger partial charge < -0.3 is 15.4 Å². The Bertz CT molecular complexity index is 1120. The molecule has 178 valence electrons. The zero-order valence-corrected chi connectivity index (χ0v) is 19.7. The maximum Gasteiger partial charge on any atom is 0.411 e. The fourth-order valence-electron chi connectivity index (χ4n) is 2.55. The van der Waals surface area contributed by atoms with Crippen molar-refractivity contribution in [2.24, 2.45) is 5.92 Å². The van der Waals surface area contributed by atoms with Crippen molar-refractivity contribution >= 4 is 39.3 Å². The van der Waals surface area contributed by atoms with Gasteiger partial charge in [0, 0.05) is 31.0 Å². The van der Waals surface area contributed by atoms with Crippen molar-refractivity contribution in [3.63, 3.8) is 0 Å². The first-order valence-corrected chi connectivity index (χ1v) is 11.6.